The van der Waals surface area contributed by atoms with Crippen molar-refractivity contribution in [2.75, 3.05) is 37.3 Å². The summed E-state index contributed by atoms with van der Waals surface area (Å²) in [6.45, 7) is 6.28. The van der Waals surface area contributed by atoms with Gasteiger partial charge in [0.2, 0.25) is 15.9 Å². The molecule has 0 aliphatic rings. The van der Waals surface area contributed by atoms with Gasteiger partial charge in [0, 0.05) is 32.6 Å². The number of nitrogens with one attached hydrogen (secondary N) is 2. The molecule has 0 aliphatic carbocycles. The zero-order valence-electron chi connectivity index (χ0n) is 14.1. The standard InChI is InChI=1S/C15H26N4O3S/c1-5-19(6-2)23(21,22)12-7-8-13(17-4)14(9-12)18-15(20)11(3)10-16/h7-9,11,17H,5-6,10,16H2,1-4H3,(H,18,20). The molecule has 1 unspecified atom stereocenters. The molecule has 23 heavy (non-hydrogen) atoms. The summed E-state index contributed by atoms with van der Waals surface area (Å²) in [6, 6.07) is 4.64. The van der Waals surface area contributed by atoms with Gasteiger partial charge in [-0.05, 0) is 18.2 Å². The summed E-state index contributed by atoms with van der Waals surface area (Å²) >= 11 is 0. The molecular formula is C15H26N4O3S. The second-order valence-corrected chi connectivity index (χ2v) is 7.11. The molecule has 1 atom stereocenters. The Hall–Kier alpha value is -1.64. The van der Waals surface area contributed by atoms with E-state index in [1.165, 1.54) is 16.4 Å². The Morgan fingerprint density at radius 1 is 1.26 bits per heavy atom. The lowest BCUT2D eigenvalue weighted by Gasteiger charge is -2.20. The highest BCUT2D eigenvalue weighted by molar-refractivity contribution is 7.89. The second kappa shape index (κ2) is 8.28. The van der Waals surface area contributed by atoms with Crippen LogP contribution in [0.2, 0.25) is 0 Å². The number of sulfonamides is 1. The number of hydrogen-bond donors (Lipinski definition) is 3. The number of carbonyl (C=O) groups is 1. The Morgan fingerprint density at radius 2 is 1.87 bits per heavy atom. The molecule has 4 N–H and O–H groups in total. The fraction of sp³-hybridized carbons (Fsp3) is 0.533. The molecule has 7 nitrogen and oxygen atoms in total. The molecule has 0 saturated carbocycles. The van der Waals surface area contributed by atoms with Gasteiger partial charge in [-0.15, -0.1) is 0 Å². The first-order valence-electron chi connectivity index (χ1n) is 7.64. The summed E-state index contributed by atoms with van der Waals surface area (Å²) < 4.78 is 26.6. The van der Waals surface area contributed by atoms with Crippen LogP contribution in [0, 0.1) is 5.92 Å². The number of carbonyl (C=O) groups excluding carboxylic acids is 1. The first-order chi connectivity index (χ1) is 10.8. The van der Waals surface area contributed by atoms with Crippen molar-refractivity contribution in [2.45, 2.75) is 25.7 Å². The lowest BCUT2D eigenvalue weighted by atomic mass is 10.1. The Morgan fingerprint density at radius 3 is 2.35 bits per heavy atom. The topological polar surface area (TPSA) is 105 Å². The molecule has 0 radical (unpaired) electrons. The molecule has 1 aromatic rings. The highest BCUT2D eigenvalue weighted by Gasteiger charge is 2.23. The number of rotatable bonds is 8. The maximum atomic E-state index is 12.6. The summed E-state index contributed by atoms with van der Waals surface area (Å²) in [6.07, 6.45) is 0. The molecule has 0 saturated heterocycles. The minimum atomic E-state index is -3.58. The largest absolute Gasteiger partial charge is 0.386 e. The van der Waals surface area contributed by atoms with Crippen molar-refractivity contribution in [3.05, 3.63) is 18.2 Å². The smallest absolute Gasteiger partial charge is 0.243 e. The first kappa shape index (κ1) is 19.4. The van der Waals surface area contributed by atoms with Crippen molar-refractivity contribution in [3.8, 4) is 0 Å². The number of nitrogens with two attached hydrogens (primary N) is 1. The van der Waals surface area contributed by atoms with Crippen molar-refractivity contribution in [3.63, 3.8) is 0 Å². The zero-order valence-corrected chi connectivity index (χ0v) is 14.9. The van der Waals surface area contributed by atoms with Crippen LogP contribution >= 0.6 is 0 Å². The van der Waals surface area contributed by atoms with Gasteiger partial charge in [0.05, 0.1) is 16.3 Å². The molecule has 0 fully saturated rings. The van der Waals surface area contributed by atoms with Crippen molar-refractivity contribution >= 4 is 27.3 Å². The molecule has 0 heterocycles. The van der Waals surface area contributed by atoms with Crippen molar-refractivity contribution in [2.24, 2.45) is 11.7 Å². The van der Waals surface area contributed by atoms with E-state index in [1.54, 1.807) is 33.9 Å². The third-order valence-electron chi connectivity index (χ3n) is 3.66. The van der Waals surface area contributed by atoms with E-state index >= 15 is 0 Å². The average molecular weight is 342 g/mol. The van der Waals surface area contributed by atoms with Gasteiger partial charge in [-0.3, -0.25) is 4.79 Å². The van der Waals surface area contributed by atoms with E-state index in [0.717, 1.165) is 0 Å². The van der Waals surface area contributed by atoms with Crippen molar-refractivity contribution < 1.29 is 13.2 Å². The van der Waals surface area contributed by atoms with Gasteiger partial charge in [0.1, 0.15) is 0 Å². The molecule has 0 aliphatic heterocycles. The van der Waals surface area contributed by atoms with E-state index in [1.807, 2.05) is 0 Å². The molecule has 8 heteroatoms. The van der Waals surface area contributed by atoms with Crippen LogP contribution in [-0.4, -0.2) is 45.3 Å². The highest BCUT2D eigenvalue weighted by atomic mass is 32.2. The van der Waals surface area contributed by atoms with Gasteiger partial charge >= 0.3 is 0 Å². The van der Waals surface area contributed by atoms with Gasteiger partial charge in [-0.25, -0.2) is 8.42 Å². The molecule has 130 valence electrons. The van der Waals surface area contributed by atoms with Crippen LogP contribution in [0.5, 0.6) is 0 Å². The van der Waals surface area contributed by atoms with E-state index in [-0.39, 0.29) is 23.3 Å². The third kappa shape index (κ3) is 4.43. The monoisotopic (exact) mass is 342 g/mol. The minimum Gasteiger partial charge on any atom is -0.386 e. The van der Waals surface area contributed by atoms with E-state index in [9.17, 15) is 13.2 Å². The number of nitrogens with zero attached hydrogens (tertiary/aromatic N) is 1. The molecule has 1 amide bonds. The summed E-state index contributed by atoms with van der Waals surface area (Å²) in [5.41, 5.74) is 6.56. The predicted octanol–water partition coefficient (Wildman–Crippen LogP) is 1.29. The SMILES string of the molecule is CCN(CC)S(=O)(=O)c1ccc(NC)c(NC(=O)C(C)CN)c1. The molecule has 0 spiro atoms. The zero-order chi connectivity index (χ0) is 17.6. The van der Waals surface area contributed by atoms with Crippen LogP contribution in [0.25, 0.3) is 0 Å². The summed E-state index contributed by atoms with van der Waals surface area (Å²) in [5.74, 6) is -0.607. The third-order valence-corrected chi connectivity index (χ3v) is 5.71. The Bertz CT molecular complexity index is 642. The Balaban J connectivity index is 3.25. The first-order valence-corrected chi connectivity index (χ1v) is 9.08. The predicted molar refractivity (Wildman–Crippen MR) is 92.9 cm³/mol. The van der Waals surface area contributed by atoms with E-state index in [4.69, 9.17) is 5.73 Å². The van der Waals surface area contributed by atoms with Gasteiger partial charge in [0.25, 0.3) is 0 Å². The van der Waals surface area contributed by atoms with E-state index in [0.29, 0.717) is 24.5 Å². The quantitative estimate of drug-likeness (QED) is 0.660. The average Bonchev–Trinajstić information content (AvgIpc) is 2.54. The summed E-state index contributed by atoms with van der Waals surface area (Å²) in [4.78, 5) is 12.2. The number of amides is 1. The van der Waals surface area contributed by atoms with Crippen LogP contribution in [0.4, 0.5) is 11.4 Å². The fourth-order valence-corrected chi connectivity index (χ4v) is 3.57. The Kier molecular flexibility index (Phi) is 6.99. The summed E-state index contributed by atoms with van der Waals surface area (Å²) in [7, 11) is -1.88. The van der Waals surface area contributed by atoms with Gasteiger partial charge in [-0.2, -0.15) is 4.31 Å². The van der Waals surface area contributed by atoms with Crippen LogP contribution < -0.4 is 16.4 Å². The van der Waals surface area contributed by atoms with Crippen molar-refractivity contribution in [1.29, 1.82) is 0 Å². The lowest BCUT2D eigenvalue weighted by molar-refractivity contribution is -0.119. The van der Waals surface area contributed by atoms with E-state index in [2.05, 4.69) is 10.6 Å². The second-order valence-electron chi connectivity index (χ2n) is 5.17. The fourth-order valence-electron chi connectivity index (χ4n) is 2.08. The van der Waals surface area contributed by atoms with Crippen LogP contribution in [0.3, 0.4) is 0 Å². The minimum absolute atomic E-state index is 0.149. The van der Waals surface area contributed by atoms with E-state index < -0.39 is 10.0 Å². The molecule has 0 bridgehead atoms. The molecular weight excluding hydrogens is 316 g/mol. The lowest BCUT2D eigenvalue weighted by Crippen LogP contribution is -2.31. The Labute approximate surface area is 138 Å². The highest BCUT2D eigenvalue weighted by Crippen LogP contribution is 2.27. The van der Waals surface area contributed by atoms with Gasteiger partial charge in [0.15, 0.2) is 0 Å². The summed E-state index contributed by atoms with van der Waals surface area (Å²) in [5, 5.41) is 5.67. The normalized spacial score (nSPS) is 13.0. The van der Waals surface area contributed by atoms with Gasteiger partial charge in [-0.1, -0.05) is 20.8 Å². The number of anilines is 2. The van der Waals surface area contributed by atoms with Crippen LogP contribution in [0.15, 0.2) is 23.1 Å². The molecule has 1 aromatic carbocycles. The maximum Gasteiger partial charge on any atom is 0.243 e. The van der Waals surface area contributed by atoms with Gasteiger partial charge < -0.3 is 16.4 Å². The number of benzene rings is 1. The number of hydrogen-bond acceptors (Lipinski definition) is 5. The van der Waals surface area contributed by atoms with Crippen molar-refractivity contribution in [1.82, 2.24) is 4.31 Å². The maximum absolute atomic E-state index is 12.6. The molecule has 1 rings (SSSR count). The van der Waals surface area contributed by atoms with Crippen LogP contribution in [-0.2, 0) is 14.8 Å². The molecule has 0 aromatic heterocycles. The van der Waals surface area contributed by atoms with Crippen LogP contribution in [0.1, 0.15) is 20.8 Å².